The van der Waals surface area contributed by atoms with Gasteiger partial charge in [-0.25, -0.2) is 9.18 Å². The maximum atomic E-state index is 13.4. The minimum absolute atomic E-state index is 0.0663. The number of carbonyl (C=O) groups is 2. The fraction of sp³-hybridized carbons (Fsp3) is 0.0909. The zero-order valence-electron chi connectivity index (χ0n) is 15.8. The summed E-state index contributed by atoms with van der Waals surface area (Å²) in [6, 6.07) is 21.7. The molecule has 8 heteroatoms. The number of para-hydroxylation sites is 1. The van der Waals surface area contributed by atoms with E-state index in [1.165, 1.54) is 18.2 Å². The number of esters is 1. The molecule has 0 aliphatic carbocycles. The molecular weight excluding hydrogens is 389 g/mol. The summed E-state index contributed by atoms with van der Waals surface area (Å²) in [4.78, 5) is 23.6. The quantitative estimate of drug-likeness (QED) is 0.429. The summed E-state index contributed by atoms with van der Waals surface area (Å²) in [5, 5.41) is 10.8. The molecule has 30 heavy (non-hydrogen) atoms. The van der Waals surface area contributed by atoms with Crippen molar-refractivity contribution in [3.63, 3.8) is 0 Å². The Labute approximate surface area is 172 Å². The number of halogens is 1. The highest BCUT2D eigenvalue weighted by atomic mass is 19.1. The van der Waals surface area contributed by atoms with Crippen molar-refractivity contribution in [2.45, 2.75) is 0 Å². The number of benzene rings is 3. The molecule has 1 amide bonds. The van der Waals surface area contributed by atoms with E-state index < -0.39 is 30.9 Å². The Bertz CT molecular complexity index is 1020. The third-order valence-electron chi connectivity index (χ3n) is 3.73. The fourth-order valence-corrected chi connectivity index (χ4v) is 2.30. The molecule has 0 bridgehead atoms. The monoisotopic (exact) mass is 407 g/mol. The number of ether oxygens (including phenoxy) is 2. The van der Waals surface area contributed by atoms with Crippen molar-refractivity contribution in [1.82, 2.24) is 0 Å². The summed E-state index contributed by atoms with van der Waals surface area (Å²) in [5.41, 5.74) is 1.86. The van der Waals surface area contributed by atoms with Crippen molar-refractivity contribution in [2.24, 2.45) is 10.2 Å². The highest BCUT2D eigenvalue weighted by Gasteiger charge is 2.10. The van der Waals surface area contributed by atoms with Gasteiger partial charge in [-0.15, -0.1) is 0 Å². The van der Waals surface area contributed by atoms with Crippen molar-refractivity contribution in [3.05, 3.63) is 84.7 Å². The minimum Gasteiger partial charge on any atom is -0.479 e. The topological polar surface area (TPSA) is 89.4 Å². The van der Waals surface area contributed by atoms with Crippen molar-refractivity contribution in [2.75, 3.05) is 18.5 Å². The first-order chi connectivity index (χ1) is 14.6. The number of anilines is 1. The zero-order chi connectivity index (χ0) is 21.2. The average molecular weight is 407 g/mol. The lowest BCUT2D eigenvalue weighted by Gasteiger charge is -2.08. The SMILES string of the molecule is O=C(COC(=O)COc1ccccc1F)Nc1ccc(N=Nc2ccccc2)cc1. The number of nitrogens with one attached hydrogen (secondary N) is 1. The number of nitrogens with zero attached hydrogens (tertiary/aromatic N) is 2. The van der Waals surface area contributed by atoms with Crippen molar-refractivity contribution < 1.29 is 23.5 Å². The maximum Gasteiger partial charge on any atom is 0.344 e. The first kappa shape index (κ1) is 20.7. The fourth-order valence-electron chi connectivity index (χ4n) is 2.30. The Morgan fingerprint density at radius 1 is 0.800 bits per heavy atom. The first-order valence-electron chi connectivity index (χ1n) is 9.00. The summed E-state index contributed by atoms with van der Waals surface area (Å²) in [6.45, 7) is -0.996. The molecule has 0 fully saturated rings. The second kappa shape index (κ2) is 10.5. The second-order valence-corrected chi connectivity index (χ2v) is 6.01. The molecule has 3 aromatic carbocycles. The number of hydrogen-bond donors (Lipinski definition) is 1. The van der Waals surface area contributed by atoms with Gasteiger partial charge in [-0.2, -0.15) is 10.2 Å². The van der Waals surface area contributed by atoms with Crippen LogP contribution in [0.5, 0.6) is 5.75 Å². The van der Waals surface area contributed by atoms with Crippen molar-refractivity contribution >= 4 is 28.9 Å². The van der Waals surface area contributed by atoms with Crippen LogP contribution in [0.3, 0.4) is 0 Å². The summed E-state index contributed by atoms with van der Waals surface area (Å²) in [7, 11) is 0. The molecule has 0 saturated carbocycles. The summed E-state index contributed by atoms with van der Waals surface area (Å²) < 4.78 is 23.2. The van der Waals surface area contributed by atoms with Crippen LogP contribution in [0.25, 0.3) is 0 Å². The molecule has 1 N–H and O–H groups in total. The molecule has 0 atom stereocenters. The van der Waals surface area contributed by atoms with Gasteiger partial charge in [0.2, 0.25) is 0 Å². The molecule has 0 spiro atoms. The Hall–Kier alpha value is -4.07. The van der Waals surface area contributed by atoms with E-state index in [4.69, 9.17) is 9.47 Å². The number of amides is 1. The zero-order valence-corrected chi connectivity index (χ0v) is 15.8. The van der Waals surface area contributed by atoms with Crippen LogP contribution in [-0.4, -0.2) is 25.1 Å². The molecule has 0 aliphatic heterocycles. The summed E-state index contributed by atoms with van der Waals surface area (Å²) >= 11 is 0. The van der Waals surface area contributed by atoms with Crippen LogP contribution in [0.2, 0.25) is 0 Å². The standard InChI is InChI=1S/C22H18FN3O4/c23-19-8-4-5-9-20(19)29-15-22(28)30-14-21(27)24-16-10-12-18(13-11-16)26-25-17-6-2-1-3-7-17/h1-13H,14-15H2,(H,24,27). The van der Waals surface area contributed by atoms with Gasteiger partial charge in [-0.1, -0.05) is 30.3 Å². The van der Waals surface area contributed by atoms with E-state index in [0.29, 0.717) is 11.4 Å². The molecule has 0 aromatic heterocycles. The van der Waals surface area contributed by atoms with E-state index in [0.717, 1.165) is 5.69 Å². The smallest absolute Gasteiger partial charge is 0.344 e. The lowest BCUT2D eigenvalue weighted by Crippen LogP contribution is -2.23. The number of hydrogen-bond acceptors (Lipinski definition) is 6. The van der Waals surface area contributed by atoms with Gasteiger partial charge in [0.05, 0.1) is 11.4 Å². The van der Waals surface area contributed by atoms with Gasteiger partial charge in [0.15, 0.2) is 24.8 Å². The third kappa shape index (κ3) is 6.52. The van der Waals surface area contributed by atoms with Crippen LogP contribution in [-0.2, 0) is 14.3 Å². The van der Waals surface area contributed by atoms with Gasteiger partial charge < -0.3 is 14.8 Å². The van der Waals surface area contributed by atoms with Crippen LogP contribution >= 0.6 is 0 Å². The highest BCUT2D eigenvalue weighted by Crippen LogP contribution is 2.20. The Balaban J connectivity index is 1.41. The van der Waals surface area contributed by atoms with E-state index in [9.17, 15) is 14.0 Å². The molecule has 0 saturated heterocycles. The molecule has 0 unspecified atom stereocenters. The lowest BCUT2D eigenvalue weighted by molar-refractivity contribution is -0.149. The van der Waals surface area contributed by atoms with Gasteiger partial charge in [0.1, 0.15) is 0 Å². The number of rotatable bonds is 8. The minimum atomic E-state index is -0.787. The van der Waals surface area contributed by atoms with E-state index in [-0.39, 0.29) is 5.75 Å². The molecule has 3 aromatic rings. The van der Waals surface area contributed by atoms with E-state index in [1.54, 1.807) is 30.3 Å². The summed E-state index contributed by atoms with van der Waals surface area (Å²) in [6.07, 6.45) is 0. The van der Waals surface area contributed by atoms with Crippen molar-refractivity contribution in [1.29, 1.82) is 0 Å². The van der Waals surface area contributed by atoms with Crippen LogP contribution in [0.1, 0.15) is 0 Å². The Morgan fingerprint density at radius 3 is 2.13 bits per heavy atom. The largest absolute Gasteiger partial charge is 0.479 e. The van der Waals surface area contributed by atoms with Crippen LogP contribution in [0, 0.1) is 5.82 Å². The van der Waals surface area contributed by atoms with Gasteiger partial charge in [-0.3, -0.25) is 4.79 Å². The molecule has 152 valence electrons. The normalized spacial score (nSPS) is 10.6. The molecule has 3 rings (SSSR count). The van der Waals surface area contributed by atoms with Crippen LogP contribution in [0.15, 0.2) is 89.1 Å². The third-order valence-corrected chi connectivity index (χ3v) is 3.73. The molecular formula is C22H18FN3O4. The second-order valence-electron chi connectivity index (χ2n) is 6.01. The van der Waals surface area contributed by atoms with Gasteiger partial charge in [0, 0.05) is 5.69 Å². The van der Waals surface area contributed by atoms with Gasteiger partial charge in [-0.05, 0) is 48.5 Å². The maximum absolute atomic E-state index is 13.4. The Kier molecular flexibility index (Phi) is 7.21. The Morgan fingerprint density at radius 2 is 1.43 bits per heavy atom. The number of carbonyl (C=O) groups excluding carboxylic acids is 2. The van der Waals surface area contributed by atoms with Gasteiger partial charge in [0.25, 0.3) is 5.91 Å². The average Bonchev–Trinajstić information content (AvgIpc) is 2.77. The first-order valence-corrected chi connectivity index (χ1v) is 9.00. The van der Waals surface area contributed by atoms with E-state index in [1.807, 2.05) is 30.3 Å². The van der Waals surface area contributed by atoms with Crippen molar-refractivity contribution in [3.8, 4) is 5.75 Å². The van der Waals surface area contributed by atoms with Crippen LogP contribution < -0.4 is 10.1 Å². The molecule has 0 aliphatic rings. The predicted molar refractivity (Wildman–Crippen MR) is 109 cm³/mol. The van der Waals surface area contributed by atoms with E-state index >= 15 is 0 Å². The number of azo groups is 1. The molecule has 0 heterocycles. The lowest BCUT2D eigenvalue weighted by atomic mass is 10.3. The molecule has 7 nitrogen and oxygen atoms in total. The van der Waals surface area contributed by atoms with Gasteiger partial charge >= 0.3 is 5.97 Å². The predicted octanol–water partition coefficient (Wildman–Crippen LogP) is 4.80. The van der Waals surface area contributed by atoms with Crippen LogP contribution in [0.4, 0.5) is 21.5 Å². The molecule has 0 radical (unpaired) electrons. The highest BCUT2D eigenvalue weighted by molar-refractivity contribution is 5.93. The summed E-state index contributed by atoms with van der Waals surface area (Å²) in [5.74, 6) is -1.96. The van der Waals surface area contributed by atoms with E-state index in [2.05, 4.69) is 15.5 Å².